The van der Waals surface area contributed by atoms with Gasteiger partial charge in [0.15, 0.2) is 5.75 Å². The predicted octanol–water partition coefficient (Wildman–Crippen LogP) is 2.31. The lowest BCUT2D eigenvalue weighted by Crippen LogP contribution is -2.01. The van der Waals surface area contributed by atoms with E-state index in [0.29, 0.717) is 11.3 Å². The first-order valence-electron chi connectivity index (χ1n) is 3.10. The number of hydrogen-bond donors (Lipinski definition) is 0. The standard InChI is InChI=1S/C7H7BrO3S/c1-10-5-4(7(9)11-2)3-12-6(5)8/h3H,1-2H3. The minimum Gasteiger partial charge on any atom is -0.494 e. The predicted molar refractivity (Wildman–Crippen MR) is 49.9 cm³/mol. The second-order valence-electron chi connectivity index (χ2n) is 1.95. The molecule has 1 aromatic heterocycles. The van der Waals surface area contributed by atoms with E-state index in [2.05, 4.69) is 20.7 Å². The SMILES string of the molecule is COC(=O)c1csc(Br)c1OC. The molecule has 1 heterocycles. The van der Waals surface area contributed by atoms with Crippen LogP contribution in [0.1, 0.15) is 10.4 Å². The van der Waals surface area contributed by atoms with Gasteiger partial charge in [0, 0.05) is 5.38 Å². The molecular formula is C7H7BrO3S. The van der Waals surface area contributed by atoms with E-state index < -0.39 is 0 Å². The number of thiophene rings is 1. The molecule has 3 nitrogen and oxygen atoms in total. The highest BCUT2D eigenvalue weighted by Crippen LogP contribution is 2.35. The maximum absolute atomic E-state index is 11.1. The van der Waals surface area contributed by atoms with Gasteiger partial charge in [-0.3, -0.25) is 0 Å². The van der Waals surface area contributed by atoms with E-state index in [-0.39, 0.29) is 5.97 Å². The molecule has 0 aliphatic carbocycles. The van der Waals surface area contributed by atoms with Crippen LogP contribution in [0.25, 0.3) is 0 Å². The van der Waals surface area contributed by atoms with Gasteiger partial charge in [-0.1, -0.05) is 0 Å². The van der Waals surface area contributed by atoms with Gasteiger partial charge in [-0.15, -0.1) is 11.3 Å². The van der Waals surface area contributed by atoms with Gasteiger partial charge in [-0.05, 0) is 15.9 Å². The lowest BCUT2D eigenvalue weighted by Gasteiger charge is -2.00. The summed E-state index contributed by atoms with van der Waals surface area (Å²) in [6, 6.07) is 0. The van der Waals surface area contributed by atoms with Gasteiger partial charge in [-0.25, -0.2) is 4.79 Å². The second kappa shape index (κ2) is 3.91. The number of halogens is 1. The normalized spacial score (nSPS) is 9.58. The minimum atomic E-state index is -0.381. The van der Waals surface area contributed by atoms with Gasteiger partial charge in [0.05, 0.1) is 14.2 Å². The molecule has 12 heavy (non-hydrogen) atoms. The fraction of sp³-hybridized carbons (Fsp3) is 0.286. The molecular weight excluding hydrogens is 244 g/mol. The second-order valence-corrected chi connectivity index (χ2v) is 4.15. The van der Waals surface area contributed by atoms with Crippen molar-refractivity contribution in [2.75, 3.05) is 14.2 Å². The summed E-state index contributed by atoms with van der Waals surface area (Å²) in [5.74, 6) is 0.153. The lowest BCUT2D eigenvalue weighted by atomic mass is 10.3. The molecule has 1 rings (SSSR count). The number of carbonyl (C=O) groups is 1. The number of hydrogen-bond acceptors (Lipinski definition) is 4. The largest absolute Gasteiger partial charge is 0.494 e. The first-order chi connectivity index (χ1) is 5.70. The number of esters is 1. The molecule has 0 saturated carbocycles. The van der Waals surface area contributed by atoms with Gasteiger partial charge in [-0.2, -0.15) is 0 Å². The van der Waals surface area contributed by atoms with Crippen molar-refractivity contribution in [3.05, 3.63) is 14.7 Å². The van der Waals surface area contributed by atoms with Crippen molar-refractivity contribution in [3.63, 3.8) is 0 Å². The summed E-state index contributed by atoms with van der Waals surface area (Å²) in [6.07, 6.45) is 0. The Morgan fingerprint density at radius 1 is 1.58 bits per heavy atom. The summed E-state index contributed by atoms with van der Waals surface area (Å²) in [5.41, 5.74) is 0.455. The molecule has 0 radical (unpaired) electrons. The Balaban J connectivity index is 3.07. The molecule has 0 spiro atoms. The monoisotopic (exact) mass is 250 g/mol. The average molecular weight is 251 g/mol. The first-order valence-corrected chi connectivity index (χ1v) is 4.77. The molecule has 0 bridgehead atoms. The zero-order valence-electron chi connectivity index (χ0n) is 6.59. The van der Waals surface area contributed by atoms with E-state index in [1.807, 2.05) is 0 Å². The van der Waals surface area contributed by atoms with Crippen molar-refractivity contribution in [1.29, 1.82) is 0 Å². The first kappa shape index (κ1) is 9.54. The number of rotatable bonds is 2. The zero-order chi connectivity index (χ0) is 9.14. The van der Waals surface area contributed by atoms with E-state index in [4.69, 9.17) is 4.74 Å². The van der Waals surface area contributed by atoms with E-state index in [1.54, 1.807) is 5.38 Å². The smallest absolute Gasteiger partial charge is 0.342 e. The van der Waals surface area contributed by atoms with Gasteiger partial charge >= 0.3 is 5.97 Å². The Hall–Kier alpha value is -0.550. The highest BCUT2D eigenvalue weighted by Gasteiger charge is 2.17. The zero-order valence-corrected chi connectivity index (χ0v) is 8.99. The van der Waals surface area contributed by atoms with Crippen LogP contribution in [0, 0.1) is 0 Å². The van der Waals surface area contributed by atoms with Crippen molar-refractivity contribution in [3.8, 4) is 5.75 Å². The summed E-state index contributed by atoms with van der Waals surface area (Å²) >= 11 is 4.65. The molecule has 0 aromatic carbocycles. The topological polar surface area (TPSA) is 35.5 Å². The summed E-state index contributed by atoms with van der Waals surface area (Å²) in [7, 11) is 2.85. The molecule has 0 amide bonds. The van der Waals surface area contributed by atoms with Crippen LogP contribution in [0.2, 0.25) is 0 Å². The Labute approximate surface area is 82.4 Å². The van der Waals surface area contributed by atoms with Gasteiger partial charge in [0.25, 0.3) is 0 Å². The van der Waals surface area contributed by atoms with Crippen LogP contribution in [0.4, 0.5) is 0 Å². The maximum atomic E-state index is 11.1. The van der Waals surface area contributed by atoms with E-state index in [0.717, 1.165) is 3.79 Å². The number of methoxy groups -OCH3 is 2. The van der Waals surface area contributed by atoms with Gasteiger partial charge in [0.1, 0.15) is 9.35 Å². The highest BCUT2D eigenvalue weighted by atomic mass is 79.9. The van der Waals surface area contributed by atoms with E-state index >= 15 is 0 Å². The Kier molecular flexibility index (Phi) is 3.11. The van der Waals surface area contributed by atoms with Crippen LogP contribution in [-0.2, 0) is 4.74 Å². The van der Waals surface area contributed by atoms with Gasteiger partial charge < -0.3 is 9.47 Å². The summed E-state index contributed by atoms with van der Waals surface area (Å²) in [5, 5.41) is 1.69. The lowest BCUT2D eigenvalue weighted by molar-refractivity contribution is 0.0598. The quantitative estimate of drug-likeness (QED) is 0.756. The molecule has 0 aliphatic rings. The summed E-state index contributed by atoms with van der Waals surface area (Å²) < 4.78 is 10.4. The Morgan fingerprint density at radius 3 is 2.75 bits per heavy atom. The van der Waals surface area contributed by atoms with Crippen molar-refractivity contribution in [2.45, 2.75) is 0 Å². The highest BCUT2D eigenvalue weighted by molar-refractivity contribution is 9.11. The summed E-state index contributed by atoms with van der Waals surface area (Å²) in [6.45, 7) is 0. The van der Waals surface area contributed by atoms with Crippen LogP contribution in [0.15, 0.2) is 9.17 Å². The minimum absolute atomic E-state index is 0.381. The molecule has 0 aliphatic heterocycles. The Morgan fingerprint density at radius 2 is 2.25 bits per heavy atom. The molecule has 0 N–H and O–H groups in total. The molecule has 66 valence electrons. The molecule has 1 aromatic rings. The number of carbonyl (C=O) groups excluding carboxylic acids is 1. The fourth-order valence-corrected chi connectivity index (χ4v) is 2.15. The number of ether oxygens (including phenoxy) is 2. The van der Waals surface area contributed by atoms with Crippen LogP contribution in [0.5, 0.6) is 5.75 Å². The van der Waals surface area contributed by atoms with Crippen LogP contribution < -0.4 is 4.74 Å². The third-order valence-electron chi connectivity index (χ3n) is 1.31. The molecule has 0 saturated heterocycles. The summed E-state index contributed by atoms with van der Waals surface area (Å²) in [4.78, 5) is 11.1. The molecule has 0 atom stereocenters. The van der Waals surface area contributed by atoms with Gasteiger partial charge in [0.2, 0.25) is 0 Å². The van der Waals surface area contributed by atoms with Crippen LogP contribution in [-0.4, -0.2) is 20.2 Å². The Bertz CT molecular complexity index is 295. The molecule has 0 unspecified atom stereocenters. The van der Waals surface area contributed by atoms with E-state index in [9.17, 15) is 4.79 Å². The fourth-order valence-electron chi connectivity index (χ4n) is 0.765. The third kappa shape index (κ3) is 1.61. The van der Waals surface area contributed by atoms with Crippen molar-refractivity contribution >= 4 is 33.2 Å². The third-order valence-corrected chi connectivity index (χ3v) is 2.98. The van der Waals surface area contributed by atoms with E-state index in [1.165, 1.54) is 25.6 Å². The van der Waals surface area contributed by atoms with Crippen molar-refractivity contribution < 1.29 is 14.3 Å². The van der Waals surface area contributed by atoms with Crippen molar-refractivity contribution in [1.82, 2.24) is 0 Å². The maximum Gasteiger partial charge on any atom is 0.342 e. The van der Waals surface area contributed by atoms with Crippen molar-refractivity contribution in [2.24, 2.45) is 0 Å². The van der Waals surface area contributed by atoms with Crippen LogP contribution >= 0.6 is 27.3 Å². The molecule has 0 fully saturated rings. The average Bonchev–Trinajstić information content (AvgIpc) is 2.45. The van der Waals surface area contributed by atoms with Crippen LogP contribution in [0.3, 0.4) is 0 Å². The molecule has 5 heteroatoms.